The summed E-state index contributed by atoms with van der Waals surface area (Å²) in [6.07, 6.45) is 1.49. The van der Waals surface area contributed by atoms with Gasteiger partial charge in [-0.05, 0) is 17.7 Å². The van der Waals surface area contributed by atoms with Crippen LogP contribution in [-0.2, 0) is 16.1 Å². The van der Waals surface area contributed by atoms with Gasteiger partial charge in [0.15, 0.2) is 0 Å². The fourth-order valence-electron chi connectivity index (χ4n) is 2.42. The summed E-state index contributed by atoms with van der Waals surface area (Å²) in [4.78, 5) is 24.7. The van der Waals surface area contributed by atoms with E-state index in [2.05, 4.69) is 11.9 Å². The molecule has 118 valence electrons. The topological polar surface area (TPSA) is 78.9 Å². The van der Waals surface area contributed by atoms with E-state index in [9.17, 15) is 9.59 Å². The minimum atomic E-state index is -0.972. The van der Waals surface area contributed by atoms with Crippen LogP contribution in [0.2, 0.25) is 0 Å². The number of piperazine rings is 1. The van der Waals surface area contributed by atoms with Crippen molar-refractivity contribution in [2.75, 3.05) is 19.7 Å². The van der Waals surface area contributed by atoms with Crippen LogP contribution in [0, 0.1) is 0 Å². The second-order valence-corrected chi connectivity index (χ2v) is 5.12. The third-order valence-corrected chi connectivity index (χ3v) is 3.49. The molecule has 1 fully saturated rings. The number of benzene rings is 1. The van der Waals surface area contributed by atoms with Gasteiger partial charge in [-0.1, -0.05) is 24.8 Å². The Bertz CT molecular complexity index is 542. The molecule has 0 radical (unpaired) electrons. The largest absolute Gasteiger partial charge is 0.490 e. The van der Waals surface area contributed by atoms with Crippen molar-refractivity contribution >= 4 is 11.9 Å². The molecule has 2 N–H and O–H groups in total. The first kappa shape index (κ1) is 16.0. The van der Waals surface area contributed by atoms with Gasteiger partial charge in [0, 0.05) is 19.6 Å². The van der Waals surface area contributed by atoms with Gasteiger partial charge in [0.2, 0.25) is 5.91 Å². The zero-order valence-electron chi connectivity index (χ0n) is 12.3. The van der Waals surface area contributed by atoms with Crippen LogP contribution in [0.15, 0.2) is 36.9 Å². The maximum Gasteiger partial charge on any atom is 0.305 e. The summed E-state index contributed by atoms with van der Waals surface area (Å²) >= 11 is 0. The average Bonchev–Trinajstić information content (AvgIpc) is 2.50. The molecule has 6 nitrogen and oxygen atoms in total. The molecule has 0 aromatic heterocycles. The third kappa shape index (κ3) is 4.33. The number of hydrogen-bond donors (Lipinski definition) is 2. The molecular weight excluding hydrogens is 284 g/mol. The number of carbonyl (C=O) groups excluding carboxylic acids is 1. The highest BCUT2D eigenvalue weighted by molar-refractivity contribution is 5.86. The van der Waals surface area contributed by atoms with Gasteiger partial charge in [-0.15, -0.1) is 0 Å². The monoisotopic (exact) mass is 304 g/mol. The molecule has 1 amide bonds. The standard InChI is InChI=1S/C16H20N2O4/c1-2-9-22-13-5-3-12(4-6-13)11-18-8-7-17-16(21)14(18)10-15(19)20/h2-6,14H,1,7-11H2,(H,17,21)(H,19,20). The van der Waals surface area contributed by atoms with E-state index in [0.717, 1.165) is 11.3 Å². The Morgan fingerprint density at radius 3 is 2.82 bits per heavy atom. The smallest absolute Gasteiger partial charge is 0.305 e. The summed E-state index contributed by atoms with van der Waals surface area (Å²) in [7, 11) is 0. The normalized spacial score (nSPS) is 18.5. The van der Waals surface area contributed by atoms with Crippen molar-refractivity contribution in [2.24, 2.45) is 0 Å². The Morgan fingerprint density at radius 2 is 2.18 bits per heavy atom. The van der Waals surface area contributed by atoms with Crippen molar-refractivity contribution < 1.29 is 19.4 Å². The molecule has 1 aliphatic rings. The number of nitrogens with one attached hydrogen (secondary N) is 1. The van der Waals surface area contributed by atoms with Crippen molar-refractivity contribution in [1.29, 1.82) is 0 Å². The number of carboxylic acids is 1. The molecule has 1 aliphatic heterocycles. The van der Waals surface area contributed by atoms with Crippen LogP contribution in [0.5, 0.6) is 5.75 Å². The van der Waals surface area contributed by atoms with Crippen molar-refractivity contribution in [2.45, 2.75) is 19.0 Å². The molecule has 0 saturated carbocycles. The van der Waals surface area contributed by atoms with Crippen LogP contribution in [0.1, 0.15) is 12.0 Å². The second-order valence-electron chi connectivity index (χ2n) is 5.12. The highest BCUT2D eigenvalue weighted by atomic mass is 16.5. The number of rotatable bonds is 7. The Labute approximate surface area is 129 Å². The molecular formula is C16H20N2O4. The van der Waals surface area contributed by atoms with E-state index in [1.54, 1.807) is 6.08 Å². The lowest BCUT2D eigenvalue weighted by Crippen LogP contribution is -2.55. The first-order valence-corrected chi connectivity index (χ1v) is 7.16. The van der Waals surface area contributed by atoms with Gasteiger partial charge in [-0.2, -0.15) is 0 Å². The van der Waals surface area contributed by atoms with E-state index >= 15 is 0 Å². The van der Waals surface area contributed by atoms with Crippen LogP contribution in [0.4, 0.5) is 0 Å². The van der Waals surface area contributed by atoms with E-state index in [0.29, 0.717) is 26.2 Å². The van der Waals surface area contributed by atoms with E-state index in [-0.39, 0.29) is 12.3 Å². The van der Waals surface area contributed by atoms with Gasteiger partial charge in [0.05, 0.1) is 6.42 Å². The van der Waals surface area contributed by atoms with E-state index < -0.39 is 12.0 Å². The molecule has 2 rings (SSSR count). The molecule has 22 heavy (non-hydrogen) atoms. The molecule has 1 saturated heterocycles. The number of carboxylic acid groups (broad SMARTS) is 1. The maximum atomic E-state index is 11.9. The fourth-order valence-corrected chi connectivity index (χ4v) is 2.42. The van der Waals surface area contributed by atoms with Crippen molar-refractivity contribution in [3.8, 4) is 5.75 Å². The highest BCUT2D eigenvalue weighted by Gasteiger charge is 2.31. The lowest BCUT2D eigenvalue weighted by Gasteiger charge is -2.34. The first-order chi connectivity index (χ1) is 10.6. The number of aliphatic carboxylic acids is 1. The van der Waals surface area contributed by atoms with Gasteiger partial charge in [0.1, 0.15) is 18.4 Å². The predicted octanol–water partition coefficient (Wildman–Crippen LogP) is 1.03. The molecule has 0 spiro atoms. The van der Waals surface area contributed by atoms with Crippen LogP contribution in [-0.4, -0.2) is 47.6 Å². The maximum absolute atomic E-state index is 11.9. The second kappa shape index (κ2) is 7.61. The molecule has 6 heteroatoms. The minimum absolute atomic E-state index is 0.188. The van der Waals surface area contributed by atoms with E-state index in [1.807, 2.05) is 29.2 Å². The minimum Gasteiger partial charge on any atom is -0.490 e. The Hall–Kier alpha value is -2.34. The van der Waals surface area contributed by atoms with Crippen molar-refractivity contribution in [3.63, 3.8) is 0 Å². The summed E-state index contributed by atoms with van der Waals surface area (Å²) in [5.41, 5.74) is 1.01. The molecule has 1 aromatic rings. The van der Waals surface area contributed by atoms with Crippen LogP contribution < -0.4 is 10.1 Å². The quantitative estimate of drug-likeness (QED) is 0.736. The highest BCUT2D eigenvalue weighted by Crippen LogP contribution is 2.17. The first-order valence-electron chi connectivity index (χ1n) is 7.16. The van der Waals surface area contributed by atoms with Crippen LogP contribution in [0.3, 0.4) is 0 Å². The third-order valence-electron chi connectivity index (χ3n) is 3.49. The van der Waals surface area contributed by atoms with Gasteiger partial charge in [0.25, 0.3) is 0 Å². The molecule has 0 aliphatic carbocycles. The van der Waals surface area contributed by atoms with Crippen LogP contribution >= 0.6 is 0 Å². The Kier molecular flexibility index (Phi) is 5.55. The zero-order chi connectivity index (χ0) is 15.9. The number of ether oxygens (including phenoxy) is 1. The van der Waals surface area contributed by atoms with Crippen LogP contribution in [0.25, 0.3) is 0 Å². The van der Waals surface area contributed by atoms with E-state index in [4.69, 9.17) is 9.84 Å². The van der Waals surface area contributed by atoms with Gasteiger partial charge < -0.3 is 15.2 Å². The lowest BCUT2D eigenvalue weighted by atomic mass is 10.1. The summed E-state index contributed by atoms with van der Waals surface area (Å²) in [5.74, 6) is -0.443. The Morgan fingerprint density at radius 1 is 1.45 bits per heavy atom. The Balaban J connectivity index is 2.02. The number of carbonyl (C=O) groups is 2. The lowest BCUT2D eigenvalue weighted by molar-refractivity contribution is -0.143. The molecule has 1 unspecified atom stereocenters. The SMILES string of the molecule is C=CCOc1ccc(CN2CCNC(=O)C2CC(=O)O)cc1. The summed E-state index contributed by atoms with van der Waals surface area (Å²) < 4.78 is 5.42. The van der Waals surface area contributed by atoms with Crippen molar-refractivity contribution in [3.05, 3.63) is 42.5 Å². The predicted molar refractivity (Wildman–Crippen MR) is 81.6 cm³/mol. The number of nitrogens with zero attached hydrogens (tertiary/aromatic N) is 1. The molecule has 1 atom stereocenters. The fraction of sp³-hybridized carbons (Fsp3) is 0.375. The van der Waals surface area contributed by atoms with Gasteiger partial charge in [-0.25, -0.2) is 0 Å². The van der Waals surface area contributed by atoms with Gasteiger partial charge in [-0.3, -0.25) is 14.5 Å². The summed E-state index contributed by atoms with van der Waals surface area (Å²) in [5, 5.41) is 11.7. The van der Waals surface area contributed by atoms with Gasteiger partial charge >= 0.3 is 5.97 Å². The number of hydrogen-bond acceptors (Lipinski definition) is 4. The average molecular weight is 304 g/mol. The van der Waals surface area contributed by atoms with E-state index in [1.165, 1.54) is 0 Å². The molecule has 1 aromatic carbocycles. The zero-order valence-corrected chi connectivity index (χ0v) is 12.3. The number of amides is 1. The summed E-state index contributed by atoms with van der Waals surface area (Å²) in [6, 6.07) is 6.93. The molecule has 1 heterocycles. The van der Waals surface area contributed by atoms with Crippen molar-refractivity contribution in [1.82, 2.24) is 10.2 Å². The molecule has 0 bridgehead atoms. The summed E-state index contributed by atoms with van der Waals surface area (Å²) in [6.45, 7) is 5.75.